The summed E-state index contributed by atoms with van der Waals surface area (Å²) < 4.78 is 37.3. The van der Waals surface area contributed by atoms with E-state index in [1.165, 1.54) is 0 Å². The molecule has 1 aliphatic carbocycles. The molecule has 0 spiro atoms. The summed E-state index contributed by atoms with van der Waals surface area (Å²) in [7, 11) is 0. The van der Waals surface area contributed by atoms with Crippen molar-refractivity contribution in [2.45, 2.75) is 51.2 Å². The van der Waals surface area contributed by atoms with Gasteiger partial charge in [0.1, 0.15) is 0 Å². The van der Waals surface area contributed by atoms with Crippen LogP contribution in [0.1, 0.15) is 39.0 Å². The van der Waals surface area contributed by atoms with Crippen molar-refractivity contribution in [3.8, 4) is 0 Å². The van der Waals surface area contributed by atoms with Gasteiger partial charge in [0.15, 0.2) is 0 Å². The Labute approximate surface area is 105 Å². The van der Waals surface area contributed by atoms with E-state index in [1.807, 2.05) is 0 Å². The van der Waals surface area contributed by atoms with E-state index >= 15 is 0 Å². The molecule has 1 rings (SSSR count). The predicted octanol–water partition coefficient (Wildman–Crippen LogP) is 2.21. The van der Waals surface area contributed by atoms with E-state index < -0.39 is 12.1 Å². The van der Waals surface area contributed by atoms with Crippen molar-refractivity contribution in [1.29, 1.82) is 0 Å². The molecule has 106 valence electrons. The van der Waals surface area contributed by atoms with Crippen LogP contribution in [-0.2, 0) is 4.79 Å². The minimum absolute atomic E-state index is 0.122. The van der Waals surface area contributed by atoms with Crippen molar-refractivity contribution in [2.75, 3.05) is 6.54 Å². The van der Waals surface area contributed by atoms with Crippen LogP contribution in [0.5, 0.6) is 0 Å². The highest BCUT2D eigenvalue weighted by molar-refractivity contribution is 5.76. The molecule has 1 fully saturated rings. The van der Waals surface area contributed by atoms with Gasteiger partial charge in [-0.15, -0.1) is 0 Å². The molecule has 3 N–H and O–H groups in total. The molecule has 1 aliphatic rings. The molecule has 0 aromatic carbocycles. The minimum atomic E-state index is -4.07. The Kier molecular flexibility index (Phi) is 5.44. The van der Waals surface area contributed by atoms with E-state index in [0.717, 1.165) is 0 Å². The summed E-state index contributed by atoms with van der Waals surface area (Å²) in [6.07, 6.45) is -2.39. The number of carbonyl (C=O) groups excluding carboxylic acids is 1. The van der Waals surface area contributed by atoms with Crippen molar-refractivity contribution in [3.05, 3.63) is 0 Å². The first-order chi connectivity index (χ1) is 8.29. The molecular formula is C12H21F3N2O. The van der Waals surface area contributed by atoms with Crippen LogP contribution in [0.15, 0.2) is 0 Å². The molecule has 3 nitrogen and oxygen atoms in total. The maximum atomic E-state index is 12.4. The van der Waals surface area contributed by atoms with Gasteiger partial charge < -0.3 is 11.1 Å². The molecule has 0 aromatic heterocycles. The number of nitrogens with two attached hydrogens (primary N) is 1. The molecule has 1 saturated carbocycles. The first-order valence-electron chi connectivity index (χ1n) is 6.38. The molecule has 1 atom stereocenters. The van der Waals surface area contributed by atoms with Crippen LogP contribution in [0.3, 0.4) is 0 Å². The number of carbonyl (C=O) groups is 1. The van der Waals surface area contributed by atoms with Gasteiger partial charge in [0.05, 0.1) is 5.92 Å². The highest BCUT2D eigenvalue weighted by Gasteiger charge is 2.41. The second-order valence-electron chi connectivity index (χ2n) is 5.24. The number of hydrogen-bond donors (Lipinski definition) is 2. The van der Waals surface area contributed by atoms with E-state index in [9.17, 15) is 18.0 Å². The van der Waals surface area contributed by atoms with Gasteiger partial charge >= 0.3 is 6.18 Å². The number of hydrogen-bond acceptors (Lipinski definition) is 2. The third-order valence-electron chi connectivity index (χ3n) is 3.40. The average Bonchev–Trinajstić information content (AvgIpc) is 2.25. The zero-order valence-electron chi connectivity index (χ0n) is 10.6. The topological polar surface area (TPSA) is 55.1 Å². The molecule has 6 heteroatoms. The second kappa shape index (κ2) is 6.41. The summed E-state index contributed by atoms with van der Waals surface area (Å²) >= 11 is 0. The number of halogens is 3. The maximum Gasteiger partial charge on any atom is 0.391 e. The van der Waals surface area contributed by atoms with Crippen LogP contribution in [-0.4, -0.2) is 24.7 Å². The molecule has 18 heavy (non-hydrogen) atoms. The summed E-state index contributed by atoms with van der Waals surface area (Å²) in [5, 5.41) is 2.74. The molecule has 1 unspecified atom stereocenters. The van der Waals surface area contributed by atoms with Crippen LogP contribution < -0.4 is 11.1 Å². The van der Waals surface area contributed by atoms with E-state index in [0.29, 0.717) is 19.4 Å². The molecular weight excluding hydrogens is 245 g/mol. The monoisotopic (exact) mass is 266 g/mol. The van der Waals surface area contributed by atoms with Gasteiger partial charge in [0.25, 0.3) is 0 Å². The lowest BCUT2D eigenvalue weighted by Gasteiger charge is -2.29. The van der Waals surface area contributed by atoms with E-state index in [4.69, 9.17) is 5.73 Å². The summed E-state index contributed by atoms with van der Waals surface area (Å²) in [5.74, 6) is -1.11. The second-order valence-corrected chi connectivity index (χ2v) is 5.24. The number of amides is 1. The van der Waals surface area contributed by atoms with Gasteiger partial charge in [-0.05, 0) is 38.5 Å². The average molecular weight is 266 g/mol. The van der Waals surface area contributed by atoms with Crippen molar-refractivity contribution < 1.29 is 18.0 Å². The smallest absolute Gasteiger partial charge is 0.356 e. The van der Waals surface area contributed by atoms with Crippen molar-refractivity contribution >= 4 is 5.91 Å². The molecule has 0 heterocycles. The van der Waals surface area contributed by atoms with Gasteiger partial charge in [-0.25, -0.2) is 0 Å². The zero-order valence-corrected chi connectivity index (χ0v) is 10.6. The van der Waals surface area contributed by atoms with Gasteiger partial charge in [-0.2, -0.15) is 13.2 Å². The summed E-state index contributed by atoms with van der Waals surface area (Å²) in [6.45, 7) is 2.21. The first-order valence-corrected chi connectivity index (χ1v) is 6.38. The standard InChI is InChI=1S/C12H21F3N2O/c1-8(16)6-11(18)17-7-9-2-4-10(5-3-9)12(13,14)15/h8-10H,2-7,16H2,1H3,(H,17,18). The van der Waals surface area contributed by atoms with Crippen LogP contribution in [0.2, 0.25) is 0 Å². The van der Waals surface area contributed by atoms with Gasteiger partial charge in [0, 0.05) is 19.0 Å². The molecule has 0 aromatic rings. The Morgan fingerprint density at radius 1 is 1.33 bits per heavy atom. The molecule has 0 aliphatic heterocycles. The lowest BCUT2D eigenvalue weighted by molar-refractivity contribution is -0.183. The van der Waals surface area contributed by atoms with Crippen LogP contribution in [0, 0.1) is 11.8 Å². The first kappa shape index (κ1) is 15.3. The SMILES string of the molecule is CC(N)CC(=O)NCC1CCC(C(F)(F)F)CC1. The minimum Gasteiger partial charge on any atom is -0.356 e. The summed E-state index contributed by atoms with van der Waals surface area (Å²) in [5.41, 5.74) is 5.48. The van der Waals surface area contributed by atoms with Gasteiger partial charge in [0.2, 0.25) is 5.91 Å². The van der Waals surface area contributed by atoms with E-state index in [2.05, 4.69) is 5.32 Å². The van der Waals surface area contributed by atoms with Crippen LogP contribution in [0.25, 0.3) is 0 Å². The number of alkyl halides is 3. The maximum absolute atomic E-state index is 12.4. The third-order valence-corrected chi connectivity index (χ3v) is 3.40. The Morgan fingerprint density at radius 2 is 1.89 bits per heavy atom. The predicted molar refractivity (Wildman–Crippen MR) is 62.8 cm³/mol. The van der Waals surface area contributed by atoms with Gasteiger partial charge in [-0.1, -0.05) is 0 Å². The lowest BCUT2D eigenvalue weighted by Crippen LogP contribution is -2.36. The zero-order chi connectivity index (χ0) is 13.8. The van der Waals surface area contributed by atoms with E-state index in [1.54, 1.807) is 6.92 Å². The van der Waals surface area contributed by atoms with Crippen molar-refractivity contribution in [3.63, 3.8) is 0 Å². The fourth-order valence-corrected chi connectivity index (χ4v) is 2.32. The fourth-order valence-electron chi connectivity index (χ4n) is 2.32. The highest BCUT2D eigenvalue weighted by Crippen LogP contribution is 2.39. The van der Waals surface area contributed by atoms with Crippen molar-refractivity contribution in [2.24, 2.45) is 17.6 Å². The summed E-state index contributed by atoms with van der Waals surface area (Å²) in [6, 6.07) is -0.189. The van der Waals surface area contributed by atoms with Gasteiger partial charge in [-0.3, -0.25) is 4.79 Å². The molecule has 0 saturated heterocycles. The van der Waals surface area contributed by atoms with E-state index in [-0.39, 0.29) is 37.1 Å². The van der Waals surface area contributed by atoms with Crippen molar-refractivity contribution in [1.82, 2.24) is 5.32 Å². The largest absolute Gasteiger partial charge is 0.391 e. The molecule has 0 radical (unpaired) electrons. The fraction of sp³-hybridized carbons (Fsp3) is 0.917. The Balaban J connectivity index is 2.22. The normalized spacial score (nSPS) is 26.7. The third kappa shape index (κ3) is 5.25. The van der Waals surface area contributed by atoms with Crippen LogP contribution >= 0.6 is 0 Å². The highest BCUT2D eigenvalue weighted by atomic mass is 19.4. The Bertz CT molecular complexity index is 271. The number of rotatable bonds is 4. The summed E-state index contributed by atoms with van der Waals surface area (Å²) in [4.78, 5) is 11.3. The Hall–Kier alpha value is -0.780. The quantitative estimate of drug-likeness (QED) is 0.819. The molecule has 0 bridgehead atoms. The number of nitrogens with one attached hydrogen (secondary N) is 1. The van der Waals surface area contributed by atoms with Crippen LogP contribution in [0.4, 0.5) is 13.2 Å². The lowest BCUT2D eigenvalue weighted by atomic mass is 9.81. The Morgan fingerprint density at radius 3 is 2.33 bits per heavy atom. The molecule has 1 amide bonds.